The molecule has 146 valence electrons. The van der Waals surface area contributed by atoms with Crippen LogP contribution >= 0.6 is 0 Å². The number of hydrogen-bond donors (Lipinski definition) is 0. The van der Waals surface area contributed by atoms with Crippen molar-refractivity contribution in [1.29, 1.82) is 0 Å². The van der Waals surface area contributed by atoms with Crippen LogP contribution in [0, 0.1) is 11.3 Å². The molecule has 26 heavy (non-hydrogen) atoms. The minimum absolute atomic E-state index is 0.0262. The Morgan fingerprint density at radius 2 is 1.92 bits per heavy atom. The van der Waals surface area contributed by atoms with Crippen molar-refractivity contribution in [3.8, 4) is 0 Å². The summed E-state index contributed by atoms with van der Waals surface area (Å²) in [7, 11) is 0. The van der Waals surface area contributed by atoms with Crippen molar-refractivity contribution in [3.05, 3.63) is 35.9 Å². The third kappa shape index (κ3) is 5.09. The normalized spacial score (nSPS) is 26.1. The zero-order valence-electron chi connectivity index (χ0n) is 17.4. The highest BCUT2D eigenvalue weighted by atomic mass is 16.5. The molecule has 0 saturated carbocycles. The van der Waals surface area contributed by atoms with Gasteiger partial charge < -0.3 is 9.64 Å². The number of hydrogen-bond acceptors (Lipinski definition) is 2. The topological polar surface area (TPSA) is 29.5 Å². The maximum atomic E-state index is 12.5. The summed E-state index contributed by atoms with van der Waals surface area (Å²) in [6.07, 6.45) is 4.86. The second kappa shape index (κ2) is 9.03. The summed E-state index contributed by atoms with van der Waals surface area (Å²) in [5.74, 6) is 0.839. The van der Waals surface area contributed by atoms with Gasteiger partial charge in [-0.1, -0.05) is 58.0 Å². The molecule has 1 aliphatic rings. The Kier molecular flexibility index (Phi) is 7.28. The van der Waals surface area contributed by atoms with E-state index in [0.717, 1.165) is 38.8 Å². The predicted octanol–water partition coefficient (Wildman–Crippen LogP) is 5.44. The molecule has 1 amide bonds. The highest BCUT2D eigenvalue weighted by molar-refractivity contribution is 5.75. The van der Waals surface area contributed by atoms with E-state index in [0.29, 0.717) is 18.9 Å². The van der Waals surface area contributed by atoms with Crippen LogP contribution in [0.15, 0.2) is 30.3 Å². The minimum Gasteiger partial charge on any atom is -0.375 e. The number of amides is 1. The summed E-state index contributed by atoms with van der Waals surface area (Å²) in [6, 6.07) is 10.3. The molecule has 0 radical (unpaired) electrons. The number of carbonyl (C=O) groups is 1. The molecule has 0 unspecified atom stereocenters. The van der Waals surface area contributed by atoms with Crippen LogP contribution in [0.3, 0.4) is 0 Å². The molecule has 0 N–H and O–H groups in total. The minimum atomic E-state index is -0.0262. The quantitative estimate of drug-likeness (QED) is 0.619. The van der Waals surface area contributed by atoms with Crippen LogP contribution in [0.2, 0.25) is 0 Å². The van der Waals surface area contributed by atoms with Crippen LogP contribution in [0.25, 0.3) is 0 Å². The maximum Gasteiger partial charge on any atom is 0.222 e. The molecule has 1 saturated heterocycles. The SMILES string of the molecule is CCC(=O)N(CC[C@]1(C(C)C)CCO[C@](C)(CC)C1)Cc1ccccc1. The molecule has 1 aromatic rings. The van der Waals surface area contributed by atoms with E-state index in [1.54, 1.807) is 0 Å². The van der Waals surface area contributed by atoms with E-state index in [-0.39, 0.29) is 16.9 Å². The lowest BCUT2D eigenvalue weighted by Gasteiger charge is -2.49. The number of ether oxygens (including phenoxy) is 1. The number of carbonyl (C=O) groups excluding carboxylic acids is 1. The van der Waals surface area contributed by atoms with Gasteiger partial charge in [-0.25, -0.2) is 0 Å². The van der Waals surface area contributed by atoms with Gasteiger partial charge in [0.2, 0.25) is 5.91 Å². The van der Waals surface area contributed by atoms with Gasteiger partial charge in [-0.3, -0.25) is 4.79 Å². The largest absolute Gasteiger partial charge is 0.375 e. The van der Waals surface area contributed by atoms with E-state index >= 15 is 0 Å². The molecule has 2 atom stereocenters. The van der Waals surface area contributed by atoms with E-state index in [2.05, 4.69) is 44.7 Å². The maximum absolute atomic E-state index is 12.5. The van der Waals surface area contributed by atoms with E-state index < -0.39 is 0 Å². The lowest BCUT2D eigenvalue weighted by Crippen LogP contribution is -2.47. The van der Waals surface area contributed by atoms with Crippen molar-refractivity contribution < 1.29 is 9.53 Å². The van der Waals surface area contributed by atoms with Crippen molar-refractivity contribution >= 4 is 5.91 Å². The van der Waals surface area contributed by atoms with Crippen molar-refractivity contribution in [3.63, 3.8) is 0 Å². The summed E-state index contributed by atoms with van der Waals surface area (Å²) in [4.78, 5) is 14.6. The fraction of sp³-hybridized carbons (Fsp3) is 0.696. The van der Waals surface area contributed by atoms with Gasteiger partial charge in [-0.05, 0) is 49.5 Å². The van der Waals surface area contributed by atoms with Crippen LogP contribution in [0.5, 0.6) is 0 Å². The fourth-order valence-electron chi connectivity index (χ4n) is 4.28. The van der Waals surface area contributed by atoms with E-state index in [1.807, 2.05) is 25.1 Å². The first-order valence-electron chi connectivity index (χ1n) is 10.3. The Bertz CT molecular complexity index is 571. The summed E-state index contributed by atoms with van der Waals surface area (Å²) < 4.78 is 6.11. The molecule has 0 spiro atoms. The number of nitrogens with zero attached hydrogens (tertiary/aromatic N) is 1. The summed E-state index contributed by atoms with van der Waals surface area (Å²) >= 11 is 0. The Labute approximate surface area is 160 Å². The second-order valence-electron chi connectivity index (χ2n) is 8.50. The summed E-state index contributed by atoms with van der Waals surface area (Å²) in [5, 5.41) is 0. The van der Waals surface area contributed by atoms with Gasteiger partial charge in [0.1, 0.15) is 0 Å². The average molecular weight is 360 g/mol. The lowest BCUT2D eigenvalue weighted by atomic mass is 9.64. The third-order valence-corrected chi connectivity index (χ3v) is 6.50. The van der Waals surface area contributed by atoms with Gasteiger partial charge in [0.25, 0.3) is 0 Å². The van der Waals surface area contributed by atoms with Crippen molar-refractivity contribution in [2.24, 2.45) is 11.3 Å². The third-order valence-electron chi connectivity index (χ3n) is 6.50. The number of benzene rings is 1. The fourth-order valence-corrected chi connectivity index (χ4v) is 4.28. The number of rotatable bonds is 8. The molecule has 1 fully saturated rings. The average Bonchev–Trinajstić information content (AvgIpc) is 2.65. The van der Waals surface area contributed by atoms with E-state index in [4.69, 9.17) is 4.74 Å². The lowest BCUT2D eigenvalue weighted by molar-refractivity contribution is -0.140. The van der Waals surface area contributed by atoms with Crippen LogP contribution in [0.1, 0.15) is 72.3 Å². The first kappa shape index (κ1) is 21.0. The zero-order valence-corrected chi connectivity index (χ0v) is 17.4. The molecule has 0 aliphatic carbocycles. The Morgan fingerprint density at radius 1 is 1.23 bits per heavy atom. The van der Waals surface area contributed by atoms with Gasteiger partial charge >= 0.3 is 0 Å². The Morgan fingerprint density at radius 3 is 2.50 bits per heavy atom. The summed E-state index contributed by atoms with van der Waals surface area (Å²) in [6.45, 7) is 13.5. The van der Waals surface area contributed by atoms with Gasteiger partial charge in [0.05, 0.1) is 5.60 Å². The van der Waals surface area contributed by atoms with Crippen LogP contribution in [0.4, 0.5) is 0 Å². The highest BCUT2D eigenvalue weighted by Crippen LogP contribution is 2.48. The predicted molar refractivity (Wildman–Crippen MR) is 108 cm³/mol. The molecular weight excluding hydrogens is 322 g/mol. The van der Waals surface area contributed by atoms with E-state index in [1.165, 1.54) is 5.56 Å². The first-order valence-corrected chi connectivity index (χ1v) is 10.3. The summed E-state index contributed by atoms with van der Waals surface area (Å²) in [5.41, 5.74) is 1.44. The molecule has 1 aliphatic heterocycles. The Balaban J connectivity index is 2.12. The molecule has 3 nitrogen and oxygen atoms in total. The molecule has 0 aromatic heterocycles. The molecule has 3 heteroatoms. The van der Waals surface area contributed by atoms with E-state index in [9.17, 15) is 4.79 Å². The molecule has 1 heterocycles. The monoisotopic (exact) mass is 359 g/mol. The van der Waals surface area contributed by atoms with Gasteiger partial charge in [-0.2, -0.15) is 0 Å². The van der Waals surface area contributed by atoms with Crippen molar-refractivity contribution in [2.75, 3.05) is 13.2 Å². The van der Waals surface area contributed by atoms with Crippen molar-refractivity contribution in [1.82, 2.24) is 4.90 Å². The smallest absolute Gasteiger partial charge is 0.222 e. The van der Waals surface area contributed by atoms with Crippen LogP contribution in [-0.4, -0.2) is 29.6 Å². The molecule has 2 rings (SSSR count). The molecular formula is C23H37NO2. The first-order chi connectivity index (χ1) is 12.3. The molecule has 0 bridgehead atoms. The van der Waals surface area contributed by atoms with Crippen molar-refractivity contribution in [2.45, 2.75) is 78.9 Å². The van der Waals surface area contributed by atoms with Crippen LogP contribution < -0.4 is 0 Å². The van der Waals surface area contributed by atoms with Gasteiger partial charge in [-0.15, -0.1) is 0 Å². The van der Waals surface area contributed by atoms with Crippen LogP contribution in [-0.2, 0) is 16.1 Å². The standard InChI is InChI=1S/C23H37NO2/c1-6-21(25)24(17-20-11-9-8-10-12-20)15-13-23(19(3)4)14-16-26-22(5,7-2)18-23/h8-12,19H,6-7,13-18H2,1-5H3/t22-,23+/m1/s1. The Hall–Kier alpha value is -1.35. The highest BCUT2D eigenvalue weighted by Gasteiger charge is 2.44. The van der Waals surface area contributed by atoms with Gasteiger partial charge in [0, 0.05) is 26.1 Å². The zero-order chi connectivity index (χ0) is 19.2. The van der Waals surface area contributed by atoms with Gasteiger partial charge in [0.15, 0.2) is 0 Å². The second-order valence-corrected chi connectivity index (χ2v) is 8.50. The molecule has 1 aromatic carbocycles.